The summed E-state index contributed by atoms with van der Waals surface area (Å²) >= 11 is 6.31. The highest BCUT2D eigenvalue weighted by Gasteiger charge is 2.41. The van der Waals surface area contributed by atoms with Crippen LogP contribution in [0.1, 0.15) is 40.0 Å². The summed E-state index contributed by atoms with van der Waals surface area (Å²) in [6.45, 7) is 0.269. The van der Waals surface area contributed by atoms with Gasteiger partial charge in [0.05, 0.1) is 23.0 Å². The van der Waals surface area contributed by atoms with E-state index in [-0.39, 0.29) is 40.1 Å². The van der Waals surface area contributed by atoms with Gasteiger partial charge in [0.1, 0.15) is 11.6 Å². The second-order valence-electron chi connectivity index (χ2n) is 8.87. The molecule has 5 N–H and O–H groups in total. The summed E-state index contributed by atoms with van der Waals surface area (Å²) in [7, 11) is 0. The smallest absolute Gasteiger partial charge is 0.398 e. The quantitative estimate of drug-likeness (QED) is 0.268. The lowest BCUT2D eigenvalue weighted by atomic mass is 9.91. The van der Waals surface area contributed by atoms with Crippen LogP contribution in [-0.2, 0) is 17.4 Å². The number of halogens is 6. The van der Waals surface area contributed by atoms with E-state index in [0.717, 1.165) is 12.1 Å². The normalized spacial score (nSPS) is 17.2. The van der Waals surface area contributed by atoms with Crippen LogP contribution in [0.5, 0.6) is 0 Å². The van der Waals surface area contributed by atoms with Crippen LogP contribution < -0.4 is 21.3 Å². The molecule has 3 aromatic rings. The average molecular weight is 553 g/mol. The molecule has 3 amide bonds. The van der Waals surface area contributed by atoms with Crippen LogP contribution in [-0.4, -0.2) is 23.6 Å². The molecule has 2 aliphatic heterocycles. The zero-order chi connectivity index (χ0) is 27.5. The molecule has 13 heteroatoms. The molecule has 0 aromatic heterocycles. The first kappa shape index (κ1) is 25.7. The minimum atomic E-state index is -4.91. The SMILES string of the molecule is Nc1cc(NC(=O)C(O)c2cc(F)cc(C(F)(F)F)c2)c2c3c1CCN3C(=O)NC2c1cc(F)ccc1Cl. The van der Waals surface area contributed by atoms with E-state index in [2.05, 4.69) is 10.6 Å². The highest BCUT2D eigenvalue weighted by molar-refractivity contribution is 6.31. The minimum Gasteiger partial charge on any atom is -0.398 e. The number of rotatable bonds is 4. The van der Waals surface area contributed by atoms with Gasteiger partial charge in [-0.15, -0.1) is 0 Å². The Balaban J connectivity index is 1.59. The summed E-state index contributed by atoms with van der Waals surface area (Å²) in [4.78, 5) is 27.3. The molecule has 2 unspecified atom stereocenters. The molecule has 2 aliphatic rings. The maximum atomic E-state index is 14.1. The van der Waals surface area contributed by atoms with Gasteiger partial charge in [-0.25, -0.2) is 13.6 Å². The van der Waals surface area contributed by atoms with Crippen LogP contribution in [0.2, 0.25) is 5.02 Å². The number of nitrogens with zero attached hydrogens (tertiary/aromatic N) is 1. The number of nitrogen functional groups attached to an aromatic ring is 1. The van der Waals surface area contributed by atoms with E-state index in [0.29, 0.717) is 29.8 Å². The largest absolute Gasteiger partial charge is 0.416 e. The van der Waals surface area contributed by atoms with E-state index in [9.17, 15) is 36.6 Å². The minimum absolute atomic E-state index is 0.00465. The van der Waals surface area contributed by atoms with Crippen LogP contribution in [0, 0.1) is 11.6 Å². The summed E-state index contributed by atoms with van der Waals surface area (Å²) in [6.07, 6.45) is -6.71. The summed E-state index contributed by atoms with van der Waals surface area (Å²) in [6, 6.07) is 4.67. The van der Waals surface area contributed by atoms with Crippen LogP contribution in [0.25, 0.3) is 0 Å². The van der Waals surface area contributed by atoms with Gasteiger partial charge in [-0.3, -0.25) is 9.69 Å². The third-order valence-corrected chi connectivity index (χ3v) is 6.82. The molecule has 0 bridgehead atoms. The zero-order valence-electron chi connectivity index (χ0n) is 19.2. The number of benzene rings is 3. The summed E-state index contributed by atoms with van der Waals surface area (Å²) in [5.74, 6) is -3.12. The summed E-state index contributed by atoms with van der Waals surface area (Å²) in [5, 5.41) is 15.8. The molecule has 0 aliphatic carbocycles. The van der Waals surface area contributed by atoms with Crippen molar-refractivity contribution in [1.29, 1.82) is 0 Å². The Morgan fingerprint density at radius 2 is 1.89 bits per heavy atom. The third-order valence-electron chi connectivity index (χ3n) is 6.47. The first-order chi connectivity index (χ1) is 17.8. The lowest BCUT2D eigenvalue weighted by Gasteiger charge is -2.35. The Labute approximate surface area is 217 Å². The van der Waals surface area contributed by atoms with Gasteiger partial charge >= 0.3 is 12.2 Å². The first-order valence-electron chi connectivity index (χ1n) is 11.2. The highest BCUT2D eigenvalue weighted by atomic mass is 35.5. The fraction of sp³-hybridized carbons (Fsp3) is 0.200. The number of alkyl halides is 3. The number of aliphatic hydroxyl groups is 1. The number of carbonyl (C=O) groups excluding carboxylic acids is 2. The number of nitrogens with two attached hydrogens (primary N) is 1. The number of nitrogens with one attached hydrogen (secondary N) is 2. The summed E-state index contributed by atoms with van der Waals surface area (Å²) < 4.78 is 67.4. The molecule has 0 fully saturated rings. The number of anilines is 3. The Morgan fingerprint density at radius 1 is 1.16 bits per heavy atom. The van der Waals surface area contributed by atoms with Crippen molar-refractivity contribution < 1.29 is 36.6 Å². The monoisotopic (exact) mass is 552 g/mol. The van der Waals surface area contributed by atoms with E-state index in [1.54, 1.807) is 0 Å². The lowest BCUT2D eigenvalue weighted by Crippen LogP contribution is -2.46. The number of hydrogen-bond acceptors (Lipinski definition) is 4. The van der Waals surface area contributed by atoms with Crippen molar-refractivity contribution in [3.8, 4) is 0 Å². The number of urea groups is 1. The molecule has 38 heavy (non-hydrogen) atoms. The number of carbonyl (C=O) groups is 2. The van der Waals surface area contributed by atoms with E-state index in [4.69, 9.17) is 17.3 Å². The lowest BCUT2D eigenvalue weighted by molar-refractivity contribution is -0.138. The summed E-state index contributed by atoms with van der Waals surface area (Å²) in [5.41, 5.74) is 5.81. The van der Waals surface area contributed by atoms with E-state index < -0.39 is 53.0 Å². The van der Waals surface area contributed by atoms with Crippen LogP contribution >= 0.6 is 11.6 Å². The van der Waals surface area contributed by atoms with Crippen LogP contribution in [0.3, 0.4) is 0 Å². The second-order valence-corrected chi connectivity index (χ2v) is 9.27. The maximum Gasteiger partial charge on any atom is 0.416 e. The molecule has 3 aromatic carbocycles. The van der Waals surface area contributed by atoms with Crippen molar-refractivity contribution in [3.63, 3.8) is 0 Å². The van der Waals surface area contributed by atoms with E-state index in [1.165, 1.54) is 17.0 Å². The van der Waals surface area contributed by atoms with Gasteiger partial charge in [0, 0.05) is 33.9 Å². The number of amides is 3. The topological polar surface area (TPSA) is 108 Å². The van der Waals surface area contributed by atoms with Crippen molar-refractivity contribution in [2.24, 2.45) is 0 Å². The van der Waals surface area contributed by atoms with Crippen molar-refractivity contribution in [2.75, 3.05) is 22.5 Å². The van der Waals surface area contributed by atoms with Crippen LogP contribution in [0.4, 0.5) is 43.8 Å². The first-order valence-corrected chi connectivity index (χ1v) is 11.6. The highest BCUT2D eigenvalue weighted by Crippen LogP contribution is 2.48. The molecular formula is C25H18ClF5N4O3. The molecule has 0 radical (unpaired) electrons. The molecule has 0 saturated carbocycles. The van der Waals surface area contributed by atoms with E-state index in [1.807, 2.05) is 0 Å². The molecule has 198 valence electrons. The van der Waals surface area contributed by atoms with Gasteiger partial charge < -0.3 is 21.5 Å². The Bertz CT molecular complexity index is 1500. The Kier molecular flexibility index (Phi) is 6.19. The molecule has 2 atom stereocenters. The van der Waals surface area contributed by atoms with Gasteiger partial charge in [0.2, 0.25) is 0 Å². The number of hydrogen-bond donors (Lipinski definition) is 4. The Morgan fingerprint density at radius 3 is 2.61 bits per heavy atom. The predicted molar refractivity (Wildman–Crippen MR) is 129 cm³/mol. The molecule has 2 heterocycles. The van der Waals surface area contributed by atoms with Crippen LogP contribution in [0.15, 0.2) is 42.5 Å². The van der Waals surface area contributed by atoms with Gasteiger partial charge in [-0.1, -0.05) is 11.6 Å². The van der Waals surface area contributed by atoms with Crippen molar-refractivity contribution >= 4 is 40.6 Å². The third kappa shape index (κ3) is 4.39. The number of aliphatic hydroxyl groups excluding tert-OH is 1. The van der Waals surface area contributed by atoms with E-state index >= 15 is 0 Å². The molecule has 7 nitrogen and oxygen atoms in total. The second kappa shape index (κ2) is 9.14. The average Bonchev–Trinajstić information content (AvgIpc) is 3.30. The van der Waals surface area contributed by atoms with Gasteiger partial charge in [0.15, 0.2) is 6.10 Å². The fourth-order valence-electron chi connectivity index (χ4n) is 4.78. The molecular weight excluding hydrogens is 535 g/mol. The van der Waals surface area contributed by atoms with Crippen molar-refractivity contribution in [2.45, 2.75) is 24.7 Å². The Hall–Kier alpha value is -3.90. The van der Waals surface area contributed by atoms with Gasteiger partial charge in [-0.2, -0.15) is 13.2 Å². The van der Waals surface area contributed by atoms with Crippen molar-refractivity contribution in [3.05, 3.63) is 86.9 Å². The molecule has 0 spiro atoms. The molecule has 0 saturated heterocycles. The standard InChI is InChI=1S/C25H18ClF5N4O3/c26-16-2-1-12(27)8-15(16)20-19-18(9-17(32)14-3-4-35(21(14)19)24(38)34-20)33-23(37)22(36)10-5-11(25(29,30)31)7-13(28)6-10/h1-2,5-9,20,22,36H,3-4,32H2,(H,33,37)(H,34,38). The fourth-order valence-corrected chi connectivity index (χ4v) is 5.01. The predicted octanol–water partition coefficient (Wildman–Crippen LogP) is 5.07. The zero-order valence-corrected chi connectivity index (χ0v) is 19.9. The molecule has 5 rings (SSSR count). The van der Waals surface area contributed by atoms with Gasteiger partial charge in [0.25, 0.3) is 5.91 Å². The van der Waals surface area contributed by atoms with Gasteiger partial charge in [-0.05, 0) is 54.4 Å². The van der Waals surface area contributed by atoms with Crippen molar-refractivity contribution in [1.82, 2.24) is 5.32 Å². The maximum absolute atomic E-state index is 14.1.